The van der Waals surface area contributed by atoms with Crippen LogP contribution in [-0.4, -0.2) is 5.92 Å². The minimum Gasteiger partial charge on any atom is -0.206 e. The van der Waals surface area contributed by atoms with Gasteiger partial charge in [-0.2, -0.15) is 0 Å². The van der Waals surface area contributed by atoms with Gasteiger partial charge in [-0.05, 0) is 24.5 Å². The van der Waals surface area contributed by atoms with E-state index in [1.165, 1.54) is 0 Å². The third kappa shape index (κ3) is 2.20. The molecule has 1 aromatic rings. The highest BCUT2D eigenvalue weighted by atomic mass is 35.5. The number of halogens is 3. The van der Waals surface area contributed by atoms with Gasteiger partial charge < -0.3 is 0 Å². The highest BCUT2D eigenvalue weighted by Gasteiger charge is 2.51. The lowest BCUT2D eigenvalue weighted by Crippen LogP contribution is -2.45. The Kier molecular flexibility index (Phi) is 3.44. The van der Waals surface area contributed by atoms with Crippen molar-refractivity contribution in [3.8, 4) is 0 Å². The zero-order chi connectivity index (χ0) is 12.5. The van der Waals surface area contributed by atoms with Gasteiger partial charge in [0.2, 0.25) is 0 Å². The number of alkyl halides is 2. The van der Waals surface area contributed by atoms with Crippen molar-refractivity contribution < 1.29 is 8.78 Å². The van der Waals surface area contributed by atoms with E-state index in [0.717, 1.165) is 26.2 Å². The van der Waals surface area contributed by atoms with Crippen LogP contribution in [-0.2, 0) is 5.41 Å². The second-order valence-electron chi connectivity index (χ2n) is 5.01. The second kappa shape index (κ2) is 4.56. The fourth-order valence-corrected chi connectivity index (χ4v) is 3.27. The third-order valence-corrected chi connectivity index (χ3v) is 4.27. The monoisotopic (exact) mass is 258 g/mol. The SMILES string of the molecule is CC(F)(F)C1(c2ccccc2Cl)CCCCC1. The zero-order valence-corrected chi connectivity index (χ0v) is 10.7. The van der Waals surface area contributed by atoms with E-state index < -0.39 is 11.3 Å². The first-order chi connectivity index (χ1) is 7.97. The molecular weight excluding hydrogens is 242 g/mol. The van der Waals surface area contributed by atoms with Crippen LogP contribution in [0.25, 0.3) is 0 Å². The van der Waals surface area contributed by atoms with E-state index in [1.807, 2.05) is 0 Å². The maximum absolute atomic E-state index is 14.1. The van der Waals surface area contributed by atoms with Crippen LogP contribution in [0.2, 0.25) is 5.02 Å². The van der Waals surface area contributed by atoms with Crippen molar-refractivity contribution in [1.29, 1.82) is 0 Å². The average Bonchev–Trinajstić information content (AvgIpc) is 2.29. The molecule has 0 spiro atoms. The predicted octanol–water partition coefficient (Wildman–Crippen LogP) is 5.20. The van der Waals surface area contributed by atoms with Crippen molar-refractivity contribution in [2.45, 2.75) is 50.4 Å². The largest absolute Gasteiger partial charge is 0.254 e. The van der Waals surface area contributed by atoms with Crippen LogP contribution >= 0.6 is 11.6 Å². The van der Waals surface area contributed by atoms with Crippen LogP contribution in [0.1, 0.15) is 44.6 Å². The first-order valence-corrected chi connectivity index (χ1v) is 6.48. The normalized spacial score (nSPS) is 20.2. The third-order valence-electron chi connectivity index (χ3n) is 3.94. The van der Waals surface area contributed by atoms with Crippen LogP contribution in [0.4, 0.5) is 8.78 Å². The maximum Gasteiger partial charge on any atom is 0.254 e. The molecule has 1 aliphatic carbocycles. The van der Waals surface area contributed by atoms with Crippen LogP contribution in [0.3, 0.4) is 0 Å². The van der Waals surface area contributed by atoms with E-state index in [-0.39, 0.29) is 0 Å². The van der Waals surface area contributed by atoms with Gasteiger partial charge >= 0.3 is 0 Å². The molecular formula is C14H17ClF2. The summed E-state index contributed by atoms with van der Waals surface area (Å²) in [6.07, 6.45) is 3.81. The summed E-state index contributed by atoms with van der Waals surface area (Å²) in [5, 5.41) is 0.468. The van der Waals surface area contributed by atoms with Crippen molar-refractivity contribution >= 4 is 11.6 Å². The zero-order valence-electron chi connectivity index (χ0n) is 9.98. The lowest BCUT2D eigenvalue weighted by atomic mass is 9.66. The maximum atomic E-state index is 14.1. The van der Waals surface area contributed by atoms with Crippen LogP contribution in [0.15, 0.2) is 24.3 Å². The first kappa shape index (κ1) is 12.8. The Morgan fingerprint density at radius 3 is 2.24 bits per heavy atom. The molecule has 0 unspecified atom stereocenters. The Morgan fingerprint density at radius 1 is 1.12 bits per heavy atom. The smallest absolute Gasteiger partial charge is 0.206 e. The van der Waals surface area contributed by atoms with E-state index in [4.69, 9.17) is 11.6 Å². The fraction of sp³-hybridized carbons (Fsp3) is 0.571. The Hall–Kier alpha value is -0.630. The Bertz CT molecular complexity index is 389. The molecule has 1 aromatic carbocycles. The molecule has 17 heavy (non-hydrogen) atoms. The standard InChI is InChI=1S/C14H17ClF2/c1-13(16,17)14(9-5-2-6-10-14)11-7-3-4-8-12(11)15/h3-4,7-8H,2,5-6,9-10H2,1H3. The molecule has 0 nitrogen and oxygen atoms in total. The lowest BCUT2D eigenvalue weighted by Gasteiger charge is -2.42. The van der Waals surface area contributed by atoms with Crippen LogP contribution in [0.5, 0.6) is 0 Å². The van der Waals surface area contributed by atoms with Crippen LogP contribution < -0.4 is 0 Å². The number of rotatable bonds is 2. The van der Waals surface area contributed by atoms with E-state index in [2.05, 4.69) is 0 Å². The fourth-order valence-electron chi connectivity index (χ4n) is 2.95. The Morgan fingerprint density at radius 2 is 1.71 bits per heavy atom. The van der Waals surface area contributed by atoms with Gasteiger partial charge in [0.1, 0.15) is 0 Å². The summed E-state index contributed by atoms with van der Waals surface area (Å²) in [5.41, 5.74) is -0.447. The molecule has 0 aliphatic heterocycles. The molecule has 0 radical (unpaired) electrons. The summed E-state index contributed by atoms with van der Waals surface area (Å²) >= 11 is 6.12. The number of benzene rings is 1. The first-order valence-electron chi connectivity index (χ1n) is 6.10. The average molecular weight is 259 g/mol. The topological polar surface area (TPSA) is 0 Å². The van der Waals surface area contributed by atoms with Gasteiger partial charge in [-0.25, -0.2) is 8.78 Å². The van der Waals surface area contributed by atoms with E-state index in [1.54, 1.807) is 24.3 Å². The second-order valence-corrected chi connectivity index (χ2v) is 5.42. The van der Waals surface area contributed by atoms with Crippen LogP contribution in [0, 0.1) is 0 Å². The summed E-state index contributed by atoms with van der Waals surface area (Å²) in [7, 11) is 0. The summed E-state index contributed by atoms with van der Waals surface area (Å²) in [4.78, 5) is 0. The minimum absolute atomic E-state index is 0.468. The highest BCUT2D eigenvalue weighted by Crippen LogP contribution is 2.51. The minimum atomic E-state index is -2.72. The molecule has 0 saturated heterocycles. The van der Waals surface area contributed by atoms with Gasteiger partial charge in [-0.1, -0.05) is 49.1 Å². The summed E-state index contributed by atoms with van der Waals surface area (Å²) in [6.45, 7) is 1.03. The van der Waals surface area contributed by atoms with Gasteiger partial charge in [-0.15, -0.1) is 0 Å². The van der Waals surface area contributed by atoms with E-state index >= 15 is 0 Å². The molecule has 3 heteroatoms. The molecule has 0 heterocycles. The molecule has 1 aliphatic rings. The summed E-state index contributed by atoms with van der Waals surface area (Å²) in [5.74, 6) is -2.72. The predicted molar refractivity (Wildman–Crippen MR) is 66.8 cm³/mol. The van der Waals surface area contributed by atoms with Gasteiger partial charge in [0, 0.05) is 11.9 Å². The molecule has 0 N–H and O–H groups in total. The lowest BCUT2D eigenvalue weighted by molar-refractivity contribution is -0.0777. The van der Waals surface area contributed by atoms with Crippen molar-refractivity contribution in [2.24, 2.45) is 0 Å². The number of hydrogen-bond acceptors (Lipinski definition) is 0. The number of hydrogen-bond donors (Lipinski definition) is 0. The summed E-state index contributed by atoms with van der Waals surface area (Å²) < 4.78 is 28.1. The van der Waals surface area contributed by atoms with Gasteiger partial charge in [0.05, 0.1) is 5.41 Å². The van der Waals surface area contributed by atoms with Gasteiger partial charge in [-0.3, -0.25) is 0 Å². The molecule has 0 amide bonds. The quantitative estimate of drug-likeness (QED) is 0.684. The van der Waals surface area contributed by atoms with Gasteiger partial charge in [0.15, 0.2) is 0 Å². The van der Waals surface area contributed by atoms with Crippen molar-refractivity contribution in [2.75, 3.05) is 0 Å². The Balaban J connectivity index is 2.51. The molecule has 2 rings (SSSR count). The van der Waals surface area contributed by atoms with E-state index in [9.17, 15) is 8.78 Å². The van der Waals surface area contributed by atoms with Crippen molar-refractivity contribution in [1.82, 2.24) is 0 Å². The van der Waals surface area contributed by atoms with Crippen molar-refractivity contribution in [3.63, 3.8) is 0 Å². The molecule has 0 atom stereocenters. The molecule has 94 valence electrons. The Labute approximate surface area is 106 Å². The molecule has 0 bridgehead atoms. The summed E-state index contributed by atoms with van der Waals surface area (Å²) in [6, 6.07) is 7.05. The molecule has 1 fully saturated rings. The molecule has 0 aromatic heterocycles. The highest BCUT2D eigenvalue weighted by molar-refractivity contribution is 6.31. The molecule has 1 saturated carbocycles. The van der Waals surface area contributed by atoms with Gasteiger partial charge in [0.25, 0.3) is 5.92 Å². The van der Waals surface area contributed by atoms with Crippen molar-refractivity contribution in [3.05, 3.63) is 34.9 Å². The van der Waals surface area contributed by atoms with E-state index in [0.29, 0.717) is 23.4 Å².